The highest BCUT2D eigenvalue weighted by atomic mass is 19.4. The SMILES string of the molecule is O=C(N1CCN(c2ccc(N3CCOCC3)cc2)CC1)n1cc(C(F)(F)F)cn1. The molecule has 29 heavy (non-hydrogen) atoms. The standard InChI is InChI=1S/C19H22F3N5O2/c20-19(21,22)15-13-23-27(14-15)18(28)26-7-5-24(6-8-26)16-1-3-17(4-2-16)25-9-11-29-12-10-25/h1-4,13-14H,5-12H2. The number of ether oxygens (including phenoxy) is 1. The highest BCUT2D eigenvalue weighted by Gasteiger charge is 2.33. The van der Waals surface area contributed by atoms with E-state index in [4.69, 9.17) is 4.74 Å². The largest absolute Gasteiger partial charge is 0.419 e. The molecule has 2 fully saturated rings. The number of halogens is 3. The van der Waals surface area contributed by atoms with Crippen LogP contribution in [0.3, 0.4) is 0 Å². The third-order valence-electron chi connectivity index (χ3n) is 5.25. The maximum atomic E-state index is 12.7. The van der Waals surface area contributed by atoms with Crippen molar-refractivity contribution in [2.45, 2.75) is 6.18 Å². The molecule has 1 amide bonds. The zero-order valence-corrected chi connectivity index (χ0v) is 15.8. The van der Waals surface area contributed by atoms with Crippen LogP contribution < -0.4 is 9.80 Å². The Hall–Kier alpha value is -2.75. The predicted octanol–water partition coefficient (Wildman–Crippen LogP) is 2.53. The third-order valence-corrected chi connectivity index (χ3v) is 5.25. The summed E-state index contributed by atoms with van der Waals surface area (Å²) in [6, 6.07) is 7.75. The van der Waals surface area contributed by atoms with Gasteiger partial charge in [0.1, 0.15) is 0 Å². The van der Waals surface area contributed by atoms with Crippen LogP contribution in [0.2, 0.25) is 0 Å². The molecule has 4 rings (SSSR count). The molecule has 7 nitrogen and oxygen atoms in total. The molecule has 2 saturated heterocycles. The van der Waals surface area contributed by atoms with Gasteiger partial charge in [-0.3, -0.25) is 0 Å². The van der Waals surface area contributed by atoms with Gasteiger partial charge in [-0.2, -0.15) is 23.0 Å². The molecule has 0 N–H and O–H groups in total. The van der Waals surface area contributed by atoms with Gasteiger partial charge in [0.25, 0.3) is 0 Å². The zero-order valence-electron chi connectivity index (χ0n) is 15.8. The number of piperazine rings is 1. The van der Waals surface area contributed by atoms with Crippen LogP contribution in [0.15, 0.2) is 36.7 Å². The number of carbonyl (C=O) groups excluding carboxylic acids is 1. The van der Waals surface area contributed by atoms with Crippen LogP contribution in [-0.2, 0) is 10.9 Å². The van der Waals surface area contributed by atoms with Gasteiger partial charge in [0.05, 0.1) is 25.0 Å². The maximum absolute atomic E-state index is 12.7. The minimum absolute atomic E-state index is 0.422. The topological polar surface area (TPSA) is 53.8 Å². The monoisotopic (exact) mass is 409 g/mol. The number of nitrogens with zero attached hydrogens (tertiary/aromatic N) is 5. The lowest BCUT2D eigenvalue weighted by Crippen LogP contribution is -2.50. The Bertz CT molecular complexity index is 838. The number of amides is 1. The molecular weight excluding hydrogens is 387 g/mol. The molecule has 3 heterocycles. The quantitative estimate of drug-likeness (QED) is 0.763. The van der Waals surface area contributed by atoms with Gasteiger partial charge in [-0.05, 0) is 24.3 Å². The molecule has 2 aliphatic heterocycles. The van der Waals surface area contributed by atoms with E-state index in [0.29, 0.717) is 32.4 Å². The van der Waals surface area contributed by atoms with E-state index in [0.717, 1.165) is 48.6 Å². The van der Waals surface area contributed by atoms with Crippen molar-refractivity contribution in [3.8, 4) is 0 Å². The molecule has 1 aromatic carbocycles. The normalized spacial score (nSPS) is 18.2. The summed E-state index contributed by atoms with van der Waals surface area (Å²) in [7, 11) is 0. The van der Waals surface area contributed by atoms with Crippen molar-refractivity contribution >= 4 is 17.4 Å². The van der Waals surface area contributed by atoms with Gasteiger partial charge >= 0.3 is 12.2 Å². The Morgan fingerprint density at radius 1 is 0.897 bits per heavy atom. The molecule has 0 saturated carbocycles. The molecule has 0 aliphatic carbocycles. The molecule has 0 radical (unpaired) electrons. The summed E-state index contributed by atoms with van der Waals surface area (Å²) in [6.07, 6.45) is -3.10. The zero-order chi connectivity index (χ0) is 20.4. The molecule has 0 unspecified atom stereocenters. The van der Waals surface area contributed by atoms with E-state index in [1.807, 2.05) is 0 Å². The fourth-order valence-corrected chi connectivity index (χ4v) is 3.57. The molecule has 0 atom stereocenters. The van der Waals surface area contributed by atoms with E-state index in [2.05, 4.69) is 39.2 Å². The third kappa shape index (κ3) is 4.31. The summed E-state index contributed by atoms with van der Waals surface area (Å²) in [6.45, 7) is 5.28. The molecular formula is C19H22F3N5O2. The van der Waals surface area contributed by atoms with Crippen LogP contribution in [0.1, 0.15) is 5.56 Å². The summed E-state index contributed by atoms with van der Waals surface area (Å²) >= 11 is 0. The molecule has 156 valence electrons. The van der Waals surface area contributed by atoms with Crippen molar-refractivity contribution in [3.05, 3.63) is 42.2 Å². The molecule has 0 bridgehead atoms. The number of hydrogen-bond acceptors (Lipinski definition) is 5. The first-order valence-electron chi connectivity index (χ1n) is 9.51. The maximum Gasteiger partial charge on any atom is 0.419 e. The Balaban J connectivity index is 1.34. The van der Waals surface area contributed by atoms with Crippen LogP contribution in [0.5, 0.6) is 0 Å². The summed E-state index contributed by atoms with van der Waals surface area (Å²) in [4.78, 5) is 18.4. The summed E-state index contributed by atoms with van der Waals surface area (Å²) in [5, 5.41) is 3.57. The van der Waals surface area contributed by atoms with Crippen LogP contribution in [0.4, 0.5) is 29.3 Å². The first-order chi connectivity index (χ1) is 13.9. The van der Waals surface area contributed by atoms with Crippen LogP contribution >= 0.6 is 0 Å². The van der Waals surface area contributed by atoms with Gasteiger partial charge in [-0.25, -0.2) is 4.79 Å². The fourth-order valence-electron chi connectivity index (χ4n) is 3.57. The smallest absolute Gasteiger partial charge is 0.378 e. The van der Waals surface area contributed by atoms with Crippen LogP contribution in [0.25, 0.3) is 0 Å². The van der Waals surface area contributed by atoms with E-state index >= 15 is 0 Å². The number of benzene rings is 1. The first-order valence-corrected chi connectivity index (χ1v) is 9.51. The summed E-state index contributed by atoms with van der Waals surface area (Å²) < 4.78 is 44.2. The highest BCUT2D eigenvalue weighted by Crippen LogP contribution is 2.28. The lowest BCUT2D eigenvalue weighted by molar-refractivity contribution is -0.137. The minimum Gasteiger partial charge on any atom is -0.378 e. The van der Waals surface area contributed by atoms with E-state index < -0.39 is 17.8 Å². The van der Waals surface area contributed by atoms with Gasteiger partial charge in [0.2, 0.25) is 0 Å². The molecule has 2 aliphatic rings. The number of carbonyl (C=O) groups is 1. The van der Waals surface area contributed by atoms with Gasteiger partial charge in [0, 0.05) is 56.8 Å². The van der Waals surface area contributed by atoms with Gasteiger partial charge in [-0.1, -0.05) is 0 Å². The van der Waals surface area contributed by atoms with E-state index in [1.54, 1.807) is 0 Å². The number of anilines is 2. The molecule has 0 spiro atoms. The molecule has 2 aromatic rings. The first kappa shape index (κ1) is 19.6. The van der Waals surface area contributed by atoms with E-state index in [1.165, 1.54) is 4.90 Å². The molecule has 10 heteroatoms. The average molecular weight is 409 g/mol. The Morgan fingerprint density at radius 2 is 1.45 bits per heavy atom. The second-order valence-electron chi connectivity index (χ2n) is 7.04. The minimum atomic E-state index is -4.51. The van der Waals surface area contributed by atoms with Crippen molar-refractivity contribution < 1.29 is 22.7 Å². The molecule has 1 aromatic heterocycles. The number of hydrogen-bond donors (Lipinski definition) is 0. The van der Waals surface area contributed by atoms with Crippen molar-refractivity contribution in [1.29, 1.82) is 0 Å². The van der Waals surface area contributed by atoms with Crippen LogP contribution in [0, 0.1) is 0 Å². The number of rotatable bonds is 2. The Kier molecular flexibility index (Phi) is 5.35. The number of morpholine rings is 1. The van der Waals surface area contributed by atoms with E-state index in [-0.39, 0.29) is 0 Å². The van der Waals surface area contributed by atoms with Gasteiger partial charge in [0.15, 0.2) is 0 Å². The van der Waals surface area contributed by atoms with Crippen molar-refractivity contribution in [1.82, 2.24) is 14.7 Å². The lowest BCUT2D eigenvalue weighted by atomic mass is 10.2. The number of alkyl halides is 3. The van der Waals surface area contributed by atoms with Crippen molar-refractivity contribution in [2.75, 3.05) is 62.3 Å². The van der Waals surface area contributed by atoms with Gasteiger partial charge < -0.3 is 19.4 Å². The second kappa shape index (κ2) is 7.94. The number of aromatic nitrogens is 2. The average Bonchev–Trinajstić information content (AvgIpc) is 3.25. The Labute approximate surface area is 166 Å². The highest BCUT2D eigenvalue weighted by molar-refractivity contribution is 5.76. The van der Waals surface area contributed by atoms with Crippen molar-refractivity contribution in [3.63, 3.8) is 0 Å². The predicted molar refractivity (Wildman–Crippen MR) is 101 cm³/mol. The fraction of sp³-hybridized carbons (Fsp3) is 0.474. The van der Waals surface area contributed by atoms with Crippen molar-refractivity contribution in [2.24, 2.45) is 0 Å². The lowest BCUT2D eigenvalue weighted by Gasteiger charge is -2.36. The summed E-state index contributed by atoms with van der Waals surface area (Å²) in [5.74, 6) is 0. The van der Waals surface area contributed by atoms with Crippen LogP contribution in [-0.4, -0.2) is 73.2 Å². The second-order valence-corrected chi connectivity index (χ2v) is 7.04. The summed E-state index contributed by atoms with van der Waals surface area (Å²) in [5.41, 5.74) is 1.29. The van der Waals surface area contributed by atoms with E-state index in [9.17, 15) is 18.0 Å². The Morgan fingerprint density at radius 3 is 1.97 bits per heavy atom. The van der Waals surface area contributed by atoms with Gasteiger partial charge in [-0.15, -0.1) is 0 Å².